The van der Waals surface area contributed by atoms with Crippen molar-refractivity contribution in [1.29, 1.82) is 0 Å². The molecule has 2 nitrogen and oxygen atoms in total. The number of nitrogens with zero attached hydrogens (tertiary/aromatic N) is 1. The third kappa shape index (κ3) is 2.29. The first-order valence-corrected chi connectivity index (χ1v) is 8.62. The van der Waals surface area contributed by atoms with Gasteiger partial charge in [0.2, 0.25) is 0 Å². The van der Waals surface area contributed by atoms with Gasteiger partial charge < -0.3 is 5.32 Å². The first kappa shape index (κ1) is 13.1. The zero-order valence-corrected chi connectivity index (χ0v) is 13.1. The number of pyridine rings is 1. The lowest BCUT2D eigenvalue weighted by Gasteiger charge is -2.15. The largest absolute Gasteiger partial charge is 0.363 e. The molecule has 0 radical (unpaired) electrons. The van der Waals surface area contributed by atoms with Crippen LogP contribution in [0.5, 0.6) is 0 Å². The lowest BCUT2D eigenvalue weighted by atomic mass is 10.0. The number of hydrogen-bond acceptors (Lipinski definition) is 2. The molecule has 1 aromatic heterocycles. The Morgan fingerprint density at radius 3 is 2.61 bits per heavy atom. The molecule has 2 heteroatoms. The predicted octanol–water partition coefficient (Wildman–Crippen LogP) is 5.21. The third-order valence-electron chi connectivity index (χ3n) is 5.24. The summed E-state index contributed by atoms with van der Waals surface area (Å²) in [5, 5.41) is 4.97. The minimum absolute atomic E-state index is 0.391. The van der Waals surface area contributed by atoms with Crippen molar-refractivity contribution >= 4 is 16.7 Å². The highest BCUT2D eigenvalue weighted by atomic mass is 15.0. The predicted molar refractivity (Wildman–Crippen MR) is 94.8 cm³/mol. The number of rotatable bonds is 3. The summed E-state index contributed by atoms with van der Waals surface area (Å²) < 4.78 is 0. The fraction of sp³-hybridized carbons (Fsp3) is 0.286. The van der Waals surface area contributed by atoms with Crippen LogP contribution in [0, 0.1) is 0 Å². The first-order valence-electron chi connectivity index (χ1n) is 8.62. The monoisotopic (exact) mass is 300 g/mol. The summed E-state index contributed by atoms with van der Waals surface area (Å²) in [4.78, 5) is 4.87. The van der Waals surface area contributed by atoms with E-state index in [1.165, 1.54) is 34.9 Å². The fourth-order valence-corrected chi connectivity index (χ4v) is 3.90. The number of aryl methyl sites for hydroxylation is 1. The molecule has 1 atom stereocenters. The summed E-state index contributed by atoms with van der Waals surface area (Å²) in [5.41, 5.74) is 5.50. The van der Waals surface area contributed by atoms with Gasteiger partial charge in [-0.25, -0.2) is 4.98 Å². The summed E-state index contributed by atoms with van der Waals surface area (Å²) in [7, 11) is 0. The van der Waals surface area contributed by atoms with E-state index in [2.05, 4.69) is 59.9 Å². The van der Waals surface area contributed by atoms with E-state index in [0.717, 1.165) is 30.1 Å². The van der Waals surface area contributed by atoms with Crippen LogP contribution in [-0.4, -0.2) is 4.98 Å². The molecule has 0 spiro atoms. The summed E-state index contributed by atoms with van der Waals surface area (Å²) in [6.45, 7) is 0. The summed E-state index contributed by atoms with van der Waals surface area (Å²) in [6, 6.07) is 20.1. The molecule has 5 rings (SSSR count). The topological polar surface area (TPSA) is 24.9 Å². The quantitative estimate of drug-likeness (QED) is 0.718. The molecule has 1 saturated carbocycles. The molecule has 2 aromatic carbocycles. The Bertz CT molecular complexity index is 880. The normalized spacial score (nSPS) is 19.7. The SMILES string of the molecule is c1ccc2c(c1)CCC2Nc1ccc2c(C3CC3)cccc2n1. The molecule has 0 amide bonds. The van der Waals surface area contributed by atoms with Crippen molar-refractivity contribution in [2.75, 3.05) is 5.32 Å². The van der Waals surface area contributed by atoms with Gasteiger partial charge in [-0.2, -0.15) is 0 Å². The second-order valence-electron chi connectivity index (χ2n) is 6.82. The highest BCUT2D eigenvalue weighted by molar-refractivity contribution is 5.84. The molecule has 0 bridgehead atoms. The standard InChI is InChI=1S/C21H20N2/c1-2-5-17-14(4-1)10-12-20(17)23-21-13-11-18-16(15-8-9-15)6-3-7-19(18)22-21/h1-7,11,13,15,20H,8-10,12H2,(H,22,23). The second kappa shape index (κ2) is 5.09. The van der Waals surface area contributed by atoms with E-state index in [9.17, 15) is 0 Å². The van der Waals surface area contributed by atoms with Crippen LogP contribution in [0.4, 0.5) is 5.82 Å². The maximum Gasteiger partial charge on any atom is 0.127 e. The van der Waals surface area contributed by atoms with Crippen LogP contribution in [0.15, 0.2) is 54.6 Å². The smallest absolute Gasteiger partial charge is 0.127 e. The van der Waals surface area contributed by atoms with Crippen LogP contribution in [0.1, 0.15) is 47.9 Å². The van der Waals surface area contributed by atoms with Crippen LogP contribution < -0.4 is 5.32 Å². The Hall–Kier alpha value is -2.35. The van der Waals surface area contributed by atoms with Crippen LogP contribution in [0.3, 0.4) is 0 Å². The average Bonchev–Trinajstić information content (AvgIpc) is 3.36. The highest BCUT2D eigenvalue weighted by Gasteiger charge is 2.25. The van der Waals surface area contributed by atoms with E-state index in [4.69, 9.17) is 4.98 Å². The zero-order chi connectivity index (χ0) is 15.2. The average molecular weight is 300 g/mol. The zero-order valence-electron chi connectivity index (χ0n) is 13.1. The molecule has 1 heterocycles. The minimum Gasteiger partial charge on any atom is -0.363 e. The van der Waals surface area contributed by atoms with Gasteiger partial charge in [0.25, 0.3) is 0 Å². The second-order valence-corrected chi connectivity index (χ2v) is 6.82. The Kier molecular flexibility index (Phi) is 2.90. The molecule has 1 unspecified atom stereocenters. The molecule has 23 heavy (non-hydrogen) atoms. The van der Waals surface area contributed by atoms with Gasteiger partial charge in [0.05, 0.1) is 11.6 Å². The van der Waals surface area contributed by atoms with Gasteiger partial charge in [0.15, 0.2) is 0 Å². The number of fused-ring (bicyclic) bond motifs is 2. The van der Waals surface area contributed by atoms with Gasteiger partial charge in [0, 0.05) is 5.39 Å². The number of aromatic nitrogens is 1. The molecular weight excluding hydrogens is 280 g/mol. The minimum atomic E-state index is 0.391. The molecule has 2 aliphatic carbocycles. The van der Waals surface area contributed by atoms with Crippen molar-refractivity contribution in [2.45, 2.75) is 37.6 Å². The number of nitrogens with one attached hydrogen (secondary N) is 1. The van der Waals surface area contributed by atoms with Gasteiger partial charge >= 0.3 is 0 Å². The van der Waals surface area contributed by atoms with Crippen molar-refractivity contribution in [1.82, 2.24) is 4.98 Å². The van der Waals surface area contributed by atoms with Gasteiger partial charge in [0.1, 0.15) is 5.82 Å². The van der Waals surface area contributed by atoms with E-state index in [0.29, 0.717) is 6.04 Å². The van der Waals surface area contributed by atoms with Gasteiger partial charge in [-0.3, -0.25) is 0 Å². The molecule has 1 N–H and O–H groups in total. The van der Waals surface area contributed by atoms with E-state index in [1.807, 2.05) is 0 Å². The van der Waals surface area contributed by atoms with Crippen LogP contribution in [0.2, 0.25) is 0 Å². The molecule has 2 aliphatic rings. The third-order valence-corrected chi connectivity index (χ3v) is 5.24. The van der Waals surface area contributed by atoms with Crippen molar-refractivity contribution in [2.24, 2.45) is 0 Å². The van der Waals surface area contributed by atoms with Crippen LogP contribution in [0.25, 0.3) is 10.9 Å². The number of benzene rings is 2. The van der Waals surface area contributed by atoms with Gasteiger partial charge in [-0.1, -0.05) is 36.4 Å². The molecule has 1 fully saturated rings. The lowest BCUT2D eigenvalue weighted by Crippen LogP contribution is -2.08. The Balaban J connectivity index is 1.48. The first-order chi connectivity index (χ1) is 11.4. The van der Waals surface area contributed by atoms with Gasteiger partial charge in [-0.15, -0.1) is 0 Å². The molecular formula is C21H20N2. The van der Waals surface area contributed by atoms with E-state index in [1.54, 1.807) is 0 Å². The number of hydrogen-bond donors (Lipinski definition) is 1. The number of anilines is 1. The van der Waals surface area contributed by atoms with Crippen molar-refractivity contribution < 1.29 is 0 Å². The summed E-state index contributed by atoms with van der Waals surface area (Å²) >= 11 is 0. The van der Waals surface area contributed by atoms with Crippen molar-refractivity contribution in [3.63, 3.8) is 0 Å². The molecule has 0 saturated heterocycles. The van der Waals surface area contributed by atoms with E-state index < -0.39 is 0 Å². The Morgan fingerprint density at radius 1 is 0.826 bits per heavy atom. The van der Waals surface area contributed by atoms with E-state index in [-0.39, 0.29) is 0 Å². The Labute approximate surface area is 136 Å². The molecule has 0 aliphatic heterocycles. The maximum atomic E-state index is 4.87. The highest BCUT2D eigenvalue weighted by Crippen LogP contribution is 2.43. The van der Waals surface area contributed by atoms with Crippen LogP contribution in [-0.2, 0) is 6.42 Å². The van der Waals surface area contributed by atoms with Crippen molar-refractivity contribution in [3.05, 3.63) is 71.3 Å². The molecule has 114 valence electrons. The fourth-order valence-electron chi connectivity index (χ4n) is 3.90. The van der Waals surface area contributed by atoms with Gasteiger partial charge in [-0.05, 0) is 66.5 Å². The van der Waals surface area contributed by atoms with Crippen molar-refractivity contribution in [3.8, 4) is 0 Å². The Morgan fingerprint density at radius 2 is 1.70 bits per heavy atom. The maximum absolute atomic E-state index is 4.87. The lowest BCUT2D eigenvalue weighted by molar-refractivity contribution is 0.758. The molecule has 3 aromatic rings. The van der Waals surface area contributed by atoms with E-state index >= 15 is 0 Å². The summed E-state index contributed by atoms with van der Waals surface area (Å²) in [6.07, 6.45) is 4.98. The summed E-state index contributed by atoms with van der Waals surface area (Å²) in [5.74, 6) is 1.76. The van der Waals surface area contributed by atoms with Crippen LogP contribution >= 0.6 is 0 Å².